The Labute approximate surface area is 143 Å². The maximum absolute atomic E-state index is 12.6. The summed E-state index contributed by atoms with van der Waals surface area (Å²) in [5.74, 6) is 1.52. The van der Waals surface area contributed by atoms with Crippen LogP contribution in [0.1, 0.15) is 34.3 Å². The first-order valence-electron chi connectivity index (χ1n) is 8.53. The number of carbonyl (C=O) groups is 1. The van der Waals surface area contributed by atoms with Crippen molar-refractivity contribution in [3.05, 3.63) is 59.4 Å². The SMILES string of the molecule is Cc1ccc(OCCC2CCN(C(=O)c3cnccc3C)C2)cc1. The highest BCUT2D eigenvalue weighted by molar-refractivity contribution is 5.95. The topological polar surface area (TPSA) is 42.4 Å². The van der Waals surface area contributed by atoms with Crippen molar-refractivity contribution in [2.45, 2.75) is 26.7 Å². The highest BCUT2D eigenvalue weighted by atomic mass is 16.5. The molecule has 2 aromatic rings. The first kappa shape index (κ1) is 16.5. The van der Waals surface area contributed by atoms with E-state index in [1.54, 1.807) is 12.4 Å². The van der Waals surface area contributed by atoms with Gasteiger partial charge in [-0.2, -0.15) is 0 Å². The van der Waals surface area contributed by atoms with Gasteiger partial charge in [-0.1, -0.05) is 17.7 Å². The fourth-order valence-corrected chi connectivity index (χ4v) is 3.09. The molecule has 0 spiro atoms. The molecule has 1 fully saturated rings. The van der Waals surface area contributed by atoms with Crippen LogP contribution < -0.4 is 4.74 Å². The van der Waals surface area contributed by atoms with E-state index in [1.807, 2.05) is 30.0 Å². The van der Waals surface area contributed by atoms with Gasteiger partial charge in [0.1, 0.15) is 5.75 Å². The van der Waals surface area contributed by atoms with Gasteiger partial charge in [-0.25, -0.2) is 0 Å². The van der Waals surface area contributed by atoms with Crippen LogP contribution in [0.15, 0.2) is 42.7 Å². The molecule has 1 amide bonds. The monoisotopic (exact) mass is 324 g/mol. The van der Waals surface area contributed by atoms with Gasteiger partial charge in [-0.15, -0.1) is 0 Å². The van der Waals surface area contributed by atoms with E-state index >= 15 is 0 Å². The zero-order chi connectivity index (χ0) is 16.9. The molecule has 1 atom stereocenters. The van der Waals surface area contributed by atoms with E-state index in [2.05, 4.69) is 24.0 Å². The van der Waals surface area contributed by atoms with Crippen molar-refractivity contribution in [3.63, 3.8) is 0 Å². The van der Waals surface area contributed by atoms with E-state index in [0.29, 0.717) is 18.1 Å². The summed E-state index contributed by atoms with van der Waals surface area (Å²) in [4.78, 5) is 18.6. The summed E-state index contributed by atoms with van der Waals surface area (Å²) in [5.41, 5.74) is 2.94. The first-order valence-corrected chi connectivity index (χ1v) is 8.53. The Hall–Kier alpha value is -2.36. The Balaban J connectivity index is 1.48. The Morgan fingerprint density at radius 1 is 1.25 bits per heavy atom. The van der Waals surface area contributed by atoms with Crippen LogP contribution in [0.5, 0.6) is 5.75 Å². The number of rotatable bonds is 5. The maximum atomic E-state index is 12.6. The zero-order valence-corrected chi connectivity index (χ0v) is 14.4. The lowest BCUT2D eigenvalue weighted by Crippen LogP contribution is -2.29. The molecule has 0 N–H and O–H groups in total. The summed E-state index contributed by atoms with van der Waals surface area (Å²) in [5, 5.41) is 0. The highest BCUT2D eigenvalue weighted by Gasteiger charge is 2.27. The number of amides is 1. The van der Waals surface area contributed by atoms with Crippen LogP contribution in [0.25, 0.3) is 0 Å². The number of pyridine rings is 1. The number of hydrogen-bond acceptors (Lipinski definition) is 3. The van der Waals surface area contributed by atoms with Gasteiger partial charge in [0.05, 0.1) is 12.2 Å². The number of nitrogens with zero attached hydrogens (tertiary/aromatic N) is 2. The molecule has 126 valence electrons. The summed E-state index contributed by atoms with van der Waals surface area (Å²) in [6, 6.07) is 10.0. The Morgan fingerprint density at radius 2 is 2.04 bits per heavy atom. The number of hydrogen-bond donors (Lipinski definition) is 0. The standard InChI is InChI=1S/C20H24N2O2/c1-15-3-5-18(6-4-15)24-12-9-17-8-11-22(14-17)20(23)19-13-21-10-7-16(19)2/h3-7,10,13,17H,8-9,11-12,14H2,1-2H3. The van der Waals surface area contributed by atoms with E-state index < -0.39 is 0 Å². The Kier molecular flexibility index (Phi) is 5.14. The molecule has 1 aromatic heterocycles. The van der Waals surface area contributed by atoms with Gasteiger partial charge in [-0.05, 0) is 56.4 Å². The number of carbonyl (C=O) groups excluding carboxylic acids is 1. The van der Waals surface area contributed by atoms with Crippen LogP contribution in [0.4, 0.5) is 0 Å². The number of ether oxygens (including phenoxy) is 1. The maximum Gasteiger partial charge on any atom is 0.255 e. The summed E-state index contributed by atoms with van der Waals surface area (Å²) in [6.45, 7) is 6.35. The molecule has 1 saturated heterocycles. The van der Waals surface area contributed by atoms with E-state index in [-0.39, 0.29) is 5.91 Å². The minimum absolute atomic E-state index is 0.0996. The first-order chi connectivity index (χ1) is 11.6. The molecule has 0 aliphatic carbocycles. The van der Waals surface area contributed by atoms with Crippen molar-refractivity contribution in [2.75, 3.05) is 19.7 Å². The summed E-state index contributed by atoms with van der Waals surface area (Å²) < 4.78 is 5.81. The molecule has 1 aliphatic rings. The predicted molar refractivity (Wildman–Crippen MR) is 94.3 cm³/mol. The zero-order valence-electron chi connectivity index (χ0n) is 14.4. The molecule has 0 bridgehead atoms. The number of benzene rings is 1. The average molecular weight is 324 g/mol. The van der Waals surface area contributed by atoms with Gasteiger partial charge in [0.2, 0.25) is 0 Å². The van der Waals surface area contributed by atoms with Gasteiger partial charge in [0, 0.05) is 25.5 Å². The molecule has 1 aliphatic heterocycles. The smallest absolute Gasteiger partial charge is 0.255 e. The highest BCUT2D eigenvalue weighted by Crippen LogP contribution is 2.23. The van der Waals surface area contributed by atoms with Crippen LogP contribution >= 0.6 is 0 Å². The predicted octanol–water partition coefficient (Wildman–Crippen LogP) is 3.63. The fourth-order valence-electron chi connectivity index (χ4n) is 3.09. The van der Waals surface area contributed by atoms with Crippen molar-refractivity contribution >= 4 is 5.91 Å². The summed E-state index contributed by atoms with van der Waals surface area (Å²) >= 11 is 0. The van der Waals surface area contributed by atoms with Crippen molar-refractivity contribution < 1.29 is 9.53 Å². The molecule has 0 saturated carbocycles. The van der Waals surface area contributed by atoms with Gasteiger partial charge in [0.25, 0.3) is 5.91 Å². The fraction of sp³-hybridized carbons (Fsp3) is 0.400. The Bertz CT molecular complexity index is 697. The van der Waals surface area contributed by atoms with E-state index in [1.165, 1.54) is 5.56 Å². The third kappa shape index (κ3) is 3.94. The Morgan fingerprint density at radius 3 is 2.79 bits per heavy atom. The molecule has 4 nitrogen and oxygen atoms in total. The summed E-state index contributed by atoms with van der Waals surface area (Å²) in [6.07, 6.45) is 5.42. The lowest BCUT2D eigenvalue weighted by atomic mass is 10.1. The quantitative estimate of drug-likeness (QED) is 0.843. The molecule has 24 heavy (non-hydrogen) atoms. The van der Waals surface area contributed by atoms with E-state index in [9.17, 15) is 4.79 Å². The molecule has 3 rings (SSSR count). The lowest BCUT2D eigenvalue weighted by molar-refractivity contribution is 0.0784. The summed E-state index contributed by atoms with van der Waals surface area (Å²) in [7, 11) is 0. The van der Waals surface area contributed by atoms with Crippen molar-refractivity contribution in [3.8, 4) is 5.75 Å². The van der Waals surface area contributed by atoms with Gasteiger partial charge in [0.15, 0.2) is 0 Å². The second kappa shape index (κ2) is 7.47. The normalized spacial score (nSPS) is 17.1. The van der Waals surface area contributed by atoms with Gasteiger partial charge < -0.3 is 9.64 Å². The molecular weight excluding hydrogens is 300 g/mol. The molecular formula is C20H24N2O2. The average Bonchev–Trinajstić information content (AvgIpc) is 3.05. The number of aromatic nitrogens is 1. The molecule has 1 aromatic carbocycles. The third-order valence-electron chi connectivity index (χ3n) is 4.66. The number of likely N-dealkylation sites (tertiary alicyclic amines) is 1. The molecule has 1 unspecified atom stereocenters. The second-order valence-corrected chi connectivity index (χ2v) is 6.55. The van der Waals surface area contributed by atoms with E-state index in [0.717, 1.165) is 37.2 Å². The molecule has 4 heteroatoms. The second-order valence-electron chi connectivity index (χ2n) is 6.55. The minimum Gasteiger partial charge on any atom is -0.494 e. The van der Waals surface area contributed by atoms with Gasteiger partial charge in [-0.3, -0.25) is 9.78 Å². The largest absolute Gasteiger partial charge is 0.494 e. The van der Waals surface area contributed by atoms with Crippen molar-refractivity contribution in [1.29, 1.82) is 0 Å². The van der Waals surface area contributed by atoms with Crippen LogP contribution in [-0.2, 0) is 0 Å². The van der Waals surface area contributed by atoms with Crippen molar-refractivity contribution in [2.24, 2.45) is 5.92 Å². The van der Waals surface area contributed by atoms with Crippen LogP contribution in [0.2, 0.25) is 0 Å². The third-order valence-corrected chi connectivity index (χ3v) is 4.66. The van der Waals surface area contributed by atoms with Crippen LogP contribution in [0, 0.1) is 19.8 Å². The van der Waals surface area contributed by atoms with Crippen molar-refractivity contribution in [1.82, 2.24) is 9.88 Å². The van der Waals surface area contributed by atoms with Crippen LogP contribution in [-0.4, -0.2) is 35.5 Å². The molecule has 2 heterocycles. The number of aryl methyl sites for hydroxylation is 2. The van der Waals surface area contributed by atoms with E-state index in [4.69, 9.17) is 4.74 Å². The van der Waals surface area contributed by atoms with Gasteiger partial charge >= 0.3 is 0 Å². The molecule has 0 radical (unpaired) electrons. The lowest BCUT2D eigenvalue weighted by Gasteiger charge is -2.17. The van der Waals surface area contributed by atoms with Crippen LogP contribution in [0.3, 0.4) is 0 Å². The minimum atomic E-state index is 0.0996.